The minimum atomic E-state index is -0.647. The summed E-state index contributed by atoms with van der Waals surface area (Å²) in [6.45, 7) is 4.43. The Bertz CT molecular complexity index is 1090. The van der Waals surface area contributed by atoms with E-state index in [0.29, 0.717) is 27.9 Å². The van der Waals surface area contributed by atoms with E-state index in [9.17, 15) is 13.6 Å². The molecule has 0 saturated heterocycles. The maximum absolute atomic E-state index is 14.1. The van der Waals surface area contributed by atoms with Crippen LogP contribution >= 0.6 is 11.8 Å². The number of nitrogens with one attached hydrogen (secondary N) is 1. The first kappa shape index (κ1) is 20.8. The number of hydrogen-bond donors (Lipinski definition) is 1. The summed E-state index contributed by atoms with van der Waals surface area (Å²) in [5, 5.41) is 4.47. The Morgan fingerprint density at radius 3 is 2.70 bits per heavy atom. The van der Waals surface area contributed by atoms with Crippen LogP contribution in [0.5, 0.6) is 0 Å². The van der Waals surface area contributed by atoms with Gasteiger partial charge in [0.15, 0.2) is 0 Å². The molecule has 0 bridgehead atoms. The summed E-state index contributed by atoms with van der Waals surface area (Å²) in [5.41, 5.74) is 1.19. The highest BCUT2D eigenvalue weighted by Crippen LogP contribution is 2.33. The molecule has 0 spiro atoms. The first-order valence-electron chi connectivity index (χ1n) is 10.3. The van der Waals surface area contributed by atoms with Crippen molar-refractivity contribution in [3.63, 3.8) is 0 Å². The number of halogens is 2. The topological polar surface area (TPSA) is 42.0 Å². The summed E-state index contributed by atoms with van der Waals surface area (Å²) < 4.78 is 27.4. The van der Waals surface area contributed by atoms with Crippen molar-refractivity contribution < 1.29 is 13.6 Å². The largest absolute Gasteiger partial charge is 0.349 e. The van der Waals surface area contributed by atoms with Gasteiger partial charge in [0.2, 0.25) is 0 Å². The van der Waals surface area contributed by atoms with E-state index < -0.39 is 11.6 Å². The van der Waals surface area contributed by atoms with Gasteiger partial charge >= 0.3 is 0 Å². The number of pyridine rings is 1. The van der Waals surface area contributed by atoms with Crippen LogP contribution in [0, 0.1) is 23.5 Å². The Labute approximate surface area is 179 Å². The Kier molecular flexibility index (Phi) is 6.04. The van der Waals surface area contributed by atoms with E-state index in [1.165, 1.54) is 18.6 Å². The fourth-order valence-corrected chi connectivity index (χ4v) is 4.93. The van der Waals surface area contributed by atoms with E-state index in [1.807, 2.05) is 24.3 Å². The Morgan fingerprint density at radius 2 is 1.90 bits per heavy atom. The van der Waals surface area contributed by atoms with Gasteiger partial charge in [0, 0.05) is 22.4 Å². The molecule has 0 unspecified atom stereocenters. The van der Waals surface area contributed by atoms with E-state index in [4.69, 9.17) is 0 Å². The number of para-hydroxylation sites is 1. The van der Waals surface area contributed by atoms with Gasteiger partial charge in [-0.05, 0) is 42.5 Å². The van der Waals surface area contributed by atoms with Crippen LogP contribution in [0.4, 0.5) is 8.78 Å². The first-order valence-corrected chi connectivity index (χ1v) is 11.1. The third-order valence-corrected chi connectivity index (χ3v) is 7.04. The van der Waals surface area contributed by atoms with Crippen LogP contribution in [0.1, 0.15) is 43.5 Å². The van der Waals surface area contributed by atoms with Gasteiger partial charge in [-0.25, -0.2) is 13.8 Å². The Balaban J connectivity index is 1.67. The zero-order chi connectivity index (χ0) is 21.3. The molecule has 30 heavy (non-hydrogen) atoms. The monoisotopic (exact) mass is 426 g/mol. The lowest BCUT2D eigenvalue weighted by Gasteiger charge is -2.34. The summed E-state index contributed by atoms with van der Waals surface area (Å²) in [4.78, 5) is 18.1. The standard InChI is InChI=1S/C24H24F2N2OS/c1-14-6-5-9-20(15(14)2)28-24(29)18-13-23(27-21-8-4-3-7-17(18)21)30-22-11-10-16(25)12-19(22)26/h3-4,7-8,10-15,20H,5-6,9H2,1-2H3,(H,28,29)/t14-,15-,20+/m1/s1. The number of amides is 1. The highest BCUT2D eigenvalue weighted by atomic mass is 32.2. The second-order valence-corrected chi connectivity index (χ2v) is 9.11. The third kappa shape index (κ3) is 4.33. The lowest BCUT2D eigenvalue weighted by atomic mass is 9.78. The van der Waals surface area contributed by atoms with Crippen LogP contribution in [0.15, 0.2) is 58.5 Å². The van der Waals surface area contributed by atoms with Gasteiger partial charge in [-0.2, -0.15) is 0 Å². The van der Waals surface area contributed by atoms with Crippen molar-refractivity contribution in [2.75, 3.05) is 0 Å². The zero-order valence-corrected chi connectivity index (χ0v) is 17.8. The van der Waals surface area contributed by atoms with Gasteiger partial charge in [-0.1, -0.05) is 56.7 Å². The van der Waals surface area contributed by atoms with Gasteiger partial charge in [0.05, 0.1) is 11.1 Å². The molecule has 1 aliphatic carbocycles. The van der Waals surface area contributed by atoms with Gasteiger partial charge in [-0.3, -0.25) is 4.79 Å². The van der Waals surface area contributed by atoms with Crippen LogP contribution in [0.2, 0.25) is 0 Å². The average molecular weight is 427 g/mol. The molecule has 3 nitrogen and oxygen atoms in total. The van der Waals surface area contributed by atoms with E-state index >= 15 is 0 Å². The molecule has 2 aromatic carbocycles. The SMILES string of the molecule is C[C@@H]1[C@H](C)CCC[C@@H]1NC(=O)c1cc(Sc2ccc(F)cc2F)nc2ccccc12. The highest BCUT2D eigenvalue weighted by Gasteiger charge is 2.29. The van der Waals surface area contributed by atoms with Crippen molar-refractivity contribution >= 4 is 28.6 Å². The molecule has 0 radical (unpaired) electrons. The summed E-state index contributed by atoms with van der Waals surface area (Å²) in [7, 11) is 0. The number of nitrogens with zero attached hydrogens (tertiary/aromatic N) is 1. The van der Waals surface area contributed by atoms with Gasteiger partial charge in [0.1, 0.15) is 16.7 Å². The van der Waals surface area contributed by atoms with Gasteiger partial charge < -0.3 is 5.32 Å². The van der Waals surface area contributed by atoms with Crippen LogP contribution in [0.3, 0.4) is 0 Å². The average Bonchev–Trinajstić information content (AvgIpc) is 2.73. The van der Waals surface area contributed by atoms with Crippen LogP contribution in [-0.4, -0.2) is 16.9 Å². The van der Waals surface area contributed by atoms with Crippen LogP contribution in [-0.2, 0) is 0 Å². The summed E-state index contributed by atoms with van der Waals surface area (Å²) in [6.07, 6.45) is 3.27. The normalized spacial score (nSPS) is 21.5. The number of rotatable bonds is 4. The Hall–Kier alpha value is -2.47. The van der Waals surface area contributed by atoms with Crippen molar-refractivity contribution in [3.8, 4) is 0 Å². The van der Waals surface area contributed by atoms with E-state index in [1.54, 1.807) is 6.07 Å². The van der Waals surface area contributed by atoms with E-state index in [0.717, 1.165) is 36.1 Å². The smallest absolute Gasteiger partial charge is 0.252 e. The molecule has 6 heteroatoms. The maximum Gasteiger partial charge on any atom is 0.252 e. The first-order chi connectivity index (χ1) is 14.4. The lowest BCUT2D eigenvalue weighted by molar-refractivity contribution is 0.0892. The van der Waals surface area contributed by atoms with Crippen molar-refractivity contribution in [2.45, 2.75) is 49.1 Å². The zero-order valence-electron chi connectivity index (χ0n) is 17.0. The molecule has 3 aromatic rings. The number of carbonyl (C=O) groups is 1. The van der Waals surface area contributed by atoms with E-state index in [2.05, 4.69) is 24.1 Å². The minimum Gasteiger partial charge on any atom is -0.349 e. The predicted molar refractivity (Wildman–Crippen MR) is 116 cm³/mol. The molecule has 1 fully saturated rings. The molecule has 1 aliphatic rings. The number of hydrogen-bond acceptors (Lipinski definition) is 3. The molecule has 3 atom stereocenters. The molecule has 1 N–H and O–H groups in total. The molecule has 0 aliphatic heterocycles. The molecule has 1 saturated carbocycles. The molecule has 4 rings (SSSR count). The molecular weight excluding hydrogens is 402 g/mol. The fourth-order valence-electron chi connectivity index (χ4n) is 4.09. The van der Waals surface area contributed by atoms with Crippen LogP contribution < -0.4 is 5.32 Å². The predicted octanol–water partition coefficient (Wildman–Crippen LogP) is 6.22. The highest BCUT2D eigenvalue weighted by molar-refractivity contribution is 7.99. The molecule has 1 heterocycles. The quantitative estimate of drug-likeness (QED) is 0.539. The maximum atomic E-state index is 14.1. The third-order valence-electron chi connectivity index (χ3n) is 6.07. The molecule has 1 aromatic heterocycles. The van der Waals surface area contributed by atoms with Gasteiger partial charge in [-0.15, -0.1) is 0 Å². The van der Waals surface area contributed by atoms with E-state index in [-0.39, 0.29) is 16.8 Å². The Morgan fingerprint density at radius 1 is 1.10 bits per heavy atom. The number of carbonyl (C=O) groups excluding carboxylic acids is 1. The summed E-state index contributed by atoms with van der Waals surface area (Å²) in [6, 6.07) is 12.7. The van der Waals surface area contributed by atoms with Gasteiger partial charge in [0.25, 0.3) is 5.91 Å². The van der Waals surface area contributed by atoms with Crippen molar-refractivity contribution in [2.24, 2.45) is 11.8 Å². The second kappa shape index (κ2) is 8.72. The molecule has 156 valence electrons. The number of fused-ring (bicyclic) bond motifs is 1. The van der Waals surface area contributed by atoms with Crippen LogP contribution in [0.25, 0.3) is 10.9 Å². The fraction of sp³-hybridized carbons (Fsp3) is 0.333. The second-order valence-electron chi connectivity index (χ2n) is 8.05. The molecular formula is C24H24F2N2OS. The summed E-state index contributed by atoms with van der Waals surface area (Å²) in [5.74, 6) is -0.421. The minimum absolute atomic E-state index is 0.138. The lowest BCUT2D eigenvalue weighted by Crippen LogP contribution is -2.43. The number of benzene rings is 2. The van der Waals surface area contributed by atoms with Crippen molar-refractivity contribution in [1.82, 2.24) is 10.3 Å². The van der Waals surface area contributed by atoms with Crippen molar-refractivity contribution in [1.29, 1.82) is 0 Å². The van der Waals surface area contributed by atoms with Crippen molar-refractivity contribution in [3.05, 3.63) is 65.7 Å². The summed E-state index contributed by atoms with van der Waals surface area (Å²) >= 11 is 1.08. The molecule has 1 amide bonds. The number of aromatic nitrogens is 1.